The molecule has 1 aromatic heterocycles. The fourth-order valence-electron chi connectivity index (χ4n) is 4.92. The lowest BCUT2D eigenvalue weighted by atomic mass is 9.77. The zero-order valence-corrected chi connectivity index (χ0v) is 17.4. The van der Waals surface area contributed by atoms with Crippen LogP contribution in [0.1, 0.15) is 51.3 Å². The number of aromatic nitrogens is 2. The second-order valence-corrected chi connectivity index (χ2v) is 8.40. The van der Waals surface area contributed by atoms with E-state index in [2.05, 4.69) is 9.97 Å². The van der Waals surface area contributed by atoms with Gasteiger partial charge in [-0.25, -0.2) is 4.98 Å². The molecule has 6 nitrogen and oxygen atoms in total. The molecule has 1 aliphatic carbocycles. The Bertz CT molecular complexity index is 822. The van der Waals surface area contributed by atoms with Crippen molar-refractivity contribution < 1.29 is 9.59 Å². The van der Waals surface area contributed by atoms with Crippen molar-refractivity contribution >= 4 is 22.8 Å². The summed E-state index contributed by atoms with van der Waals surface area (Å²) in [6, 6.07) is 7.99. The van der Waals surface area contributed by atoms with Gasteiger partial charge in [-0.3, -0.25) is 9.59 Å². The first-order valence-electron chi connectivity index (χ1n) is 11.2. The molecule has 2 aliphatic rings. The molecule has 1 saturated heterocycles. The monoisotopic (exact) mass is 396 g/mol. The summed E-state index contributed by atoms with van der Waals surface area (Å²) in [6.07, 6.45) is 6.68. The number of hydrogen-bond acceptors (Lipinski definition) is 3. The van der Waals surface area contributed by atoms with Crippen LogP contribution in [0.15, 0.2) is 24.3 Å². The van der Waals surface area contributed by atoms with Gasteiger partial charge in [0.1, 0.15) is 5.82 Å². The summed E-state index contributed by atoms with van der Waals surface area (Å²) in [5, 5.41) is 0. The maximum absolute atomic E-state index is 13.4. The van der Waals surface area contributed by atoms with Crippen molar-refractivity contribution in [2.24, 2.45) is 11.8 Å². The number of hydrogen-bond donors (Lipinski definition) is 1. The average molecular weight is 397 g/mol. The normalized spacial score (nSPS) is 22.2. The van der Waals surface area contributed by atoms with Gasteiger partial charge in [-0.2, -0.15) is 0 Å². The van der Waals surface area contributed by atoms with E-state index in [4.69, 9.17) is 0 Å². The van der Waals surface area contributed by atoms with E-state index in [0.717, 1.165) is 68.5 Å². The minimum absolute atomic E-state index is 0.130. The Morgan fingerprint density at radius 2 is 1.83 bits per heavy atom. The van der Waals surface area contributed by atoms with Crippen molar-refractivity contribution in [1.29, 1.82) is 0 Å². The van der Waals surface area contributed by atoms with Crippen molar-refractivity contribution in [2.45, 2.75) is 51.9 Å². The number of para-hydroxylation sites is 2. The van der Waals surface area contributed by atoms with E-state index in [1.165, 1.54) is 0 Å². The van der Waals surface area contributed by atoms with E-state index < -0.39 is 0 Å². The third-order valence-corrected chi connectivity index (χ3v) is 6.57. The highest BCUT2D eigenvalue weighted by atomic mass is 16.2. The smallest absolute Gasteiger partial charge is 0.226 e. The van der Waals surface area contributed by atoms with Crippen LogP contribution in [-0.2, 0) is 16.0 Å². The van der Waals surface area contributed by atoms with Crippen LogP contribution in [-0.4, -0.2) is 57.8 Å². The Balaban J connectivity index is 1.42. The first kappa shape index (κ1) is 19.9. The van der Waals surface area contributed by atoms with Gasteiger partial charge in [0.25, 0.3) is 0 Å². The van der Waals surface area contributed by atoms with E-state index in [9.17, 15) is 9.59 Å². The van der Waals surface area contributed by atoms with Crippen molar-refractivity contribution in [2.75, 3.05) is 26.2 Å². The molecule has 4 rings (SSSR count). The highest BCUT2D eigenvalue weighted by molar-refractivity contribution is 5.88. The summed E-state index contributed by atoms with van der Waals surface area (Å²) >= 11 is 0. The SMILES string of the molecule is CCN(CCc1nc2ccccc2[nH]1)C(=O)[C@H]1CCCC[C@H]1C(=O)N1CCCC1. The number of fused-ring (bicyclic) bond motifs is 1. The zero-order valence-electron chi connectivity index (χ0n) is 17.4. The van der Waals surface area contributed by atoms with Crippen LogP contribution in [0, 0.1) is 11.8 Å². The topological polar surface area (TPSA) is 69.3 Å². The van der Waals surface area contributed by atoms with E-state index in [1.54, 1.807) is 0 Å². The third kappa shape index (κ3) is 4.31. The number of carbonyl (C=O) groups is 2. The number of aromatic amines is 1. The molecule has 6 heteroatoms. The fourth-order valence-corrected chi connectivity index (χ4v) is 4.92. The van der Waals surface area contributed by atoms with E-state index >= 15 is 0 Å². The van der Waals surface area contributed by atoms with Crippen molar-refractivity contribution in [1.82, 2.24) is 19.8 Å². The van der Waals surface area contributed by atoms with Crippen LogP contribution < -0.4 is 0 Å². The Morgan fingerprint density at radius 1 is 1.10 bits per heavy atom. The Morgan fingerprint density at radius 3 is 2.55 bits per heavy atom. The zero-order chi connectivity index (χ0) is 20.2. The fraction of sp³-hybridized carbons (Fsp3) is 0.609. The van der Waals surface area contributed by atoms with Gasteiger partial charge < -0.3 is 14.8 Å². The summed E-state index contributed by atoms with van der Waals surface area (Å²) < 4.78 is 0. The number of carbonyl (C=O) groups excluding carboxylic acids is 2. The molecule has 1 saturated carbocycles. The molecule has 2 atom stereocenters. The van der Waals surface area contributed by atoms with Gasteiger partial charge >= 0.3 is 0 Å². The molecule has 0 spiro atoms. The number of amides is 2. The molecule has 1 aromatic carbocycles. The van der Waals surface area contributed by atoms with E-state index in [0.29, 0.717) is 19.5 Å². The summed E-state index contributed by atoms with van der Waals surface area (Å²) in [4.78, 5) is 38.3. The highest BCUT2D eigenvalue weighted by Gasteiger charge is 2.39. The molecule has 2 aromatic rings. The van der Waals surface area contributed by atoms with Gasteiger partial charge in [-0.1, -0.05) is 25.0 Å². The lowest BCUT2D eigenvalue weighted by Gasteiger charge is -2.35. The van der Waals surface area contributed by atoms with Gasteiger partial charge in [0.05, 0.1) is 11.0 Å². The molecule has 2 amide bonds. The number of benzene rings is 1. The summed E-state index contributed by atoms with van der Waals surface area (Å²) in [7, 11) is 0. The third-order valence-electron chi connectivity index (χ3n) is 6.57. The molecule has 156 valence electrons. The number of H-pyrrole nitrogens is 1. The maximum atomic E-state index is 13.4. The molecule has 2 heterocycles. The van der Waals surface area contributed by atoms with Crippen LogP contribution >= 0.6 is 0 Å². The van der Waals surface area contributed by atoms with Crippen LogP contribution in [0.2, 0.25) is 0 Å². The number of nitrogens with zero attached hydrogens (tertiary/aromatic N) is 3. The number of imidazole rings is 1. The average Bonchev–Trinajstić information content (AvgIpc) is 3.43. The van der Waals surface area contributed by atoms with Crippen LogP contribution in [0.5, 0.6) is 0 Å². The van der Waals surface area contributed by atoms with Crippen LogP contribution in [0.4, 0.5) is 0 Å². The van der Waals surface area contributed by atoms with Crippen LogP contribution in [0.25, 0.3) is 11.0 Å². The highest BCUT2D eigenvalue weighted by Crippen LogP contribution is 2.33. The molecule has 1 aliphatic heterocycles. The quantitative estimate of drug-likeness (QED) is 0.814. The summed E-state index contributed by atoms with van der Waals surface area (Å²) in [6.45, 7) is 5.05. The van der Waals surface area contributed by atoms with Gasteiger partial charge in [0.2, 0.25) is 11.8 Å². The van der Waals surface area contributed by atoms with Crippen molar-refractivity contribution in [3.8, 4) is 0 Å². The molecule has 0 unspecified atom stereocenters. The van der Waals surface area contributed by atoms with Gasteiger partial charge in [0.15, 0.2) is 0 Å². The molecule has 2 fully saturated rings. The van der Waals surface area contributed by atoms with Gasteiger partial charge in [-0.15, -0.1) is 0 Å². The standard InChI is InChI=1S/C23H32N4O2/c1-2-26(16-13-21-24-19-11-5-6-12-20(19)25-21)22(28)17-9-3-4-10-18(17)23(29)27-14-7-8-15-27/h5-6,11-12,17-18H,2-4,7-10,13-16H2,1H3,(H,24,25)/t17-,18+/m0/s1. The first-order chi connectivity index (χ1) is 14.2. The molecule has 1 N–H and O–H groups in total. The van der Waals surface area contributed by atoms with E-state index in [-0.39, 0.29) is 23.7 Å². The van der Waals surface area contributed by atoms with Crippen molar-refractivity contribution in [3.63, 3.8) is 0 Å². The Hall–Kier alpha value is -2.37. The molecule has 0 bridgehead atoms. The maximum Gasteiger partial charge on any atom is 0.226 e. The minimum atomic E-state index is -0.160. The number of likely N-dealkylation sites (N-methyl/N-ethyl adjacent to an activating group) is 1. The number of rotatable bonds is 6. The predicted octanol–water partition coefficient (Wildman–Crippen LogP) is 3.38. The van der Waals surface area contributed by atoms with Crippen LogP contribution in [0.3, 0.4) is 0 Å². The molecule has 0 radical (unpaired) electrons. The van der Waals surface area contributed by atoms with E-state index in [1.807, 2.05) is 41.0 Å². The molecular weight excluding hydrogens is 364 g/mol. The van der Waals surface area contributed by atoms with Gasteiger partial charge in [0, 0.05) is 44.4 Å². The largest absolute Gasteiger partial charge is 0.342 e. The predicted molar refractivity (Wildman–Crippen MR) is 113 cm³/mol. The number of nitrogens with one attached hydrogen (secondary N) is 1. The molecular formula is C23H32N4O2. The summed E-state index contributed by atoms with van der Waals surface area (Å²) in [5.74, 6) is 0.989. The van der Waals surface area contributed by atoms with Crippen molar-refractivity contribution in [3.05, 3.63) is 30.1 Å². The molecule has 29 heavy (non-hydrogen) atoms. The number of likely N-dealkylation sites (tertiary alicyclic amines) is 1. The minimum Gasteiger partial charge on any atom is -0.342 e. The summed E-state index contributed by atoms with van der Waals surface area (Å²) in [5.41, 5.74) is 1.99. The Labute approximate surface area is 172 Å². The van der Waals surface area contributed by atoms with Gasteiger partial charge in [-0.05, 0) is 44.7 Å². The second-order valence-electron chi connectivity index (χ2n) is 8.40. The second kappa shape index (κ2) is 8.97. The lowest BCUT2D eigenvalue weighted by Crippen LogP contribution is -2.46. The Kier molecular flexibility index (Phi) is 6.16. The first-order valence-corrected chi connectivity index (χ1v) is 11.2. The lowest BCUT2D eigenvalue weighted by molar-refractivity contribution is -0.147.